The highest BCUT2D eigenvalue weighted by Gasteiger charge is 2.17. The highest BCUT2D eigenvalue weighted by molar-refractivity contribution is 6.30. The molecule has 1 atom stereocenters. The number of rotatable bonds is 7. The van der Waals surface area contributed by atoms with Gasteiger partial charge in [-0.1, -0.05) is 30.2 Å². The minimum Gasteiger partial charge on any atom is -0.359 e. The Morgan fingerprint density at radius 3 is 2.77 bits per heavy atom. The van der Waals surface area contributed by atoms with Crippen LogP contribution in [0.1, 0.15) is 50.0 Å². The first-order chi connectivity index (χ1) is 10.7. The second-order valence-electron chi connectivity index (χ2n) is 6.17. The van der Waals surface area contributed by atoms with Crippen LogP contribution in [0.5, 0.6) is 0 Å². The quantitative estimate of drug-likeness (QED) is 0.827. The molecule has 0 bridgehead atoms. The van der Waals surface area contributed by atoms with Crippen LogP contribution in [0.3, 0.4) is 0 Å². The zero-order valence-corrected chi connectivity index (χ0v) is 14.2. The van der Waals surface area contributed by atoms with Gasteiger partial charge in [0, 0.05) is 18.5 Å². The third kappa shape index (κ3) is 5.62. The zero-order valence-electron chi connectivity index (χ0n) is 13.5. The van der Waals surface area contributed by atoms with Crippen molar-refractivity contribution in [2.75, 3.05) is 26.7 Å². The van der Waals surface area contributed by atoms with Crippen molar-refractivity contribution in [1.82, 2.24) is 10.2 Å². The lowest BCUT2D eigenvalue weighted by molar-refractivity contribution is -0.121. The van der Waals surface area contributed by atoms with Crippen molar-refractivity contribution in [2.45, 2.75) is 44.4 Å². The van der Waals surface area contributed by atoms with Gasteiger partial charge in [-0.25, -0.2) is 0 Å². The predicted molar refractivity (Wildman–Crippen MR) is 92.4 cm³/mol. The summed E-state index contributed by atoms with van der Waals surface area (Å²) in [6.07, 6.45) is 6.74. The van der Waals surface area contributed by atoms with E-state index in [1.165, 1.54) is 37.9 Å². The molecule has 1 aromatic rings. The van der Waals surface area contributed by atoms with Crippen LogP contribution in [0.2, 0.25) is 5.02 Å². The van der Waals surface area contributed by atoms with Gasteiger partial charge in [0.1, 0.15) is 0 Å². The SMILES string of the molecule is CNC(=O)CC(CCCN1CCCCC1)c1cccc(Cl)c1. The molecule has 0 spiro atoms. The fraction of sp³-hybridized carbons (Fsp3) is 0.611. The van der Waals surface area contributed by atoms with Gasteiger partial charge >= 0.3 is 0 Å². The minimum absolute atomic E-state index is 0.1000. The van der Waals surface area contributed by atoms with Crippen molar-refractivity contribution in [3.05, 3.63) is 34.9 Å². The molecule has 1 fully saturated rings. The number of nitrogens with one attached hydrogen (secondary N) is 1. The molecule has 22 heavy (non-hydrogen) atoms. The number of nitrogens with zero attached hydrogens (tertiary/aromatic N) is 1. The Hall–Kier alpha value is -1.06. The molecule has 1 amide bonds. The molecule has 4 heteroatoms. The molecule has 1 aliphatic heterocycles. The number of halogens is 1. The van der Waals surface area contributed by atoms with Crippen LogP contribution in [0.4, 0.5) is 0 Å². The molecular weight excluding hydrogens is 296 g/mol. The fourth-order valence-electron chi connectivity index (χ4n) is 3.22. The van der Waals surface area contributed by atoms with Crippen LogP contribution in [-0.4, -0.2) is 37.5 Å². The average molecular weight is 323 g/mol. The van der Waals surface area contributed by atoms with E-state index in [9.17, 15) is 4.79 Å². The largest absolute Gasteiger partial charge is 0.359 e. The maximum atomic E-state index is 11.8. The molecule has 1 N–H and O–H groups in total. The van der Waals surface area contributed by atoms with Crippen molar-refractivity contribution in [3.8, 4) is 0 Å². The average Bonchev–Trinajstić information content (AvgIpc) is 2.54. The van der Waals surface area contributed by atoms with E-state index in [2.05, 4.69) is 16.3 Å². The highest BCUT2D eigenvalue weighted by atomic mass is 35.5. The lowest BCUT2D eigenvalue weighted by Gasteiger charge is -2.27. The molecule has 3 nitrogen and oxygen atoms in total. The van der Waals surface area contributed by atoms with Gasteiger partial charge in [-0.3, -0.25) is 4.79 Å². The third-order valence-electron chi connectivity index (χ3n) is 4.51. The summed E-state index contributed by atoms with van der Waals surface area (Å²) in [5.41, 5.74) is 1.18. The Labute approximate surface area is 139 Å². The Morgan fingerprint density at radius 2 is 2.09 bits per heavy atom. The molecule has 0 saturated carbocycles. The fourth-order valence-corrected chi connectivity index (χ4v) is 3.42. The van der Waals surface area contributed by atoms with E-state index in [1.807, 2.05) is 18.2 Å². The first-order valence-electron chi connectivity index (χ1n) is 8.37. The van der Waals surface area contributed by atoms with Crippen LogP contribution in [-0.2, 0) is 4.79 Å². The third-order valence-corrected chi connectivity index (χ3v) is 4.74. The van der Waals surface area contributed by atoms with E-state index >= 15 is 0 Å². The molecular formula is C18H27ClN2O. The topological polar surface area (TPSA) is 32.3 Å². The molecule has 1 saturated heterocycles. The Bertz CT molecular complexity index is 472. The van der Waals surface area contributed by atoms with Gasteiger partial charge in [-0.05, 0) is 68.9 Å². The number of carbonyl (C=O) groups excluding carboxylic acids is 1. The highest BCUT2D eigenvalue weighted by Crippen LogP contribution is 2.27. The van der Waals surface area contributed by atoms with Crippen molar-refractivity contribution in [1.29, 1.82) is 0 Å². The standard InChI is InChI=1S/C18H27ClN2O/c1-20-18(22)14-16(15-7-5-9-17(19)13-15)8-6-12-21-10-3-2-4-11-21/h5,7,9,13,16H,2-4,6,8,10-12,14H2,1H3,(H,20,22). The normalized spacial score (nSPS) is 17.2. The molecule has 1 unspecified atom stereocenters. The molecule has 0 radical (unpaired) electrons. The van der Waals surface area contributed by atoms with Gasteiger partial charge in [0.25, 0.3) is 0 Å². The second kappa shape index (κ2) is 9.16. The van der Waals surface area contributed by atoms with Crippen molar-refractivity contribution >= 4 is 17.5 Å². The summed E-state index contributed by atoms with van der Waals surface area (Å²) < 4.78 is 0. The smallest absolute Gasteiger partial charge is 0.220 e. The molecule has 1 aromatic carbocycles. The predicted octanol–water partition coefficient (Wildman–Crippen LogP) is 3.83. The van der Waals surface area contributed by atoms with Crippen molar-refractivity contribution in [3.63, 3.8) is 0 Å². The van der Waals surface area contributed by atoms with Crippen LogP contribution in [0.15, 0.2) is 24.3 Å². The molecule has 0 aromatic heterocycles. The Kier molecular flexibility index (Phi) is 7.20. The minimum atomic E-state index is 0.1000. The second-order valence-corrected chi connectivity index (χ2v) is 6.61. The molecule has 2 rings (SSSR count). The van der Waals surface area contributed by atoms with E-state index in [0.717, 1.165) is 24.4 Å². The van der Waals surface area contributed by atoms with E-state index in [0.29, 0.717) is 6.42 Å². The summed E-state index contributed by atoms with van der Waals surface area (Å²) in [7, 11) is 1.70. The number of likely N-dealkylation sites (tertiary alicyclic amines) is 1. The number of benzene rings is 1. The number of carbonyl (C=O) groups is 1. The first kappa shape index (κ1) is 17.3. The maximum absolute atomic E-state index is 11.8. The molecule has 122 valence electrons. The van der Waals surface area contributed by atoms with E-state index in [1.54, 1.807) is 7.05 Å². The summed E-state index contributed by atoms with van der Waals surface area (Å²) in [4.78, 5) is 14.3. The zero-order chi connectivity index (χ0) is 15.8. The molecule has 1 aliphatic rings. The summed E-state index contributed by atoms with van der Waals surface area (Å²) >= 11 is 6.11. The van der Waals surface area contributed by atoms with Gasteiger partial charge in [-0.2, -0.15) is 0 Å². The van der Waals surface area contributed by atoms with Gasteiger partial charge in [0.15, 0.2) is 0 Å². The van der Waals surface area contributed by atoms with Gasteiger partial charge in [0.2, 0.25) is 5.91 Å². The van der Waals surface area contributed by atoms with Gasteiger partial charge in [-0.15, -0.1) is 0 Å². The summed E-state index contributed by atoms with van der Waals surface area (Å²) in [5, 5.41) is 3.48. The van der Waals surface area contributed by atoms with Gasteiger partial charge in [0.05, 0.1) is 0 Å². The van der Waals surface area contributed by atoms with E-state index < -0.39 is 0 Å². The summed E-state index contributed by atoms with van der Waals surface area (Å²) in [6, 6.07) is 7.94. The first-order valence-corrected chi connectivity index (χ1v) is 8.75. The maximum Gasteiger partial charge on any atom is 0.220 e. The lowest BCUT2D eigenvalue weighted by Crippen LogP contribution is -2.30. The Balaban J connectivity index is 1.90. The monoisotopic (exact) mass is 322 g/mol. The van der Waals surface area contributed by atoms with Gasteiger partial charge < -0.3 is 10.2 Å². The Morgan fingerprint density at radius 1 is 1.32 bits per heavy atom. The van der Waals surface area contributed by atoms with Crippen LogP contribution in [0, 0.1) is 0 Å². The van der Waals surface area contributed by atoms with Crippen molar-refractivity contribution in [2.24, 2.45) is 0 Å². The number of piperidine rings is 1. The summed E-state index contributed by atoms with van der Waals surface area (Å²) in [5.74, 6) is 0.353. The number of hydrogen-bond donors (Lipinski definition) is 1. The van der Waals surface area contributed by atoms with E-state index in [4.69, 9.17) is 11.6 Å². The number of hydrogen-bond acceptors (Lipinski definition) is 2. The molecule has 1 heterocycles. The summed E-state index contributed by atoms with van der Waals surface area (Å²) in [6.45, 7) is 3.61. The number of amides is 1. The van der Waals surface area contributed by atoms with Crippen molar-refractivity contribution < 1.29 is 4.79 Å². The van der Waals surface area contributed by atoms with Crippen LogP contribution >= 0.6 is 11.6 Å². The van der Waals surface area contributed by atoms with E-state index in [-0.39, 0.29) is 11.8 Å². The van der Waals surface area contributed by atoms with Crippen LogP contribution < -0.4 is 5.32 Å². The lowest BCUT2D eigenvalue weighted by atomic mass is 9.90. The molecule has 0 aliphatic carbocycles. The van der Waals surface area contributed by atoms with Crippen LogP contribution in [0.25, 0.3) is 0 Å².